The molecule has 104 valence electrons. The highest BCUT2D eigenvalue weighted by Crippen LogP contribution is 2.23. The van der Waals surface area contributed by atoms with Crippen LogP contribution in [0.25, 0.3) is 0 Å². The van der Waals surface area contributed by atoms with Crippen LogP contribution in [-0.2, 0) is 6.61 Å². The first kappa shape index (κ1) is 14.5. The number of rotatable bonds is 4. The predicted molar refractivity (Wildman–Crippen MR) is 76.6 cm³/mol. The molecule has 0 saturated carbocycles. The van der Waals surface area contributed by atoms with E-state index in [1.807, 2.05) is 0 Å². The van der Waals surface area contributed by atoms with E-state index in [1.54, 1.807) is 31.2 Å². The van der Waals surface area contributed by atoms with Crippen molar-refractivity contribution in [1.29, 1.82) is 0 Å². The molecule has 0 aromatic heterocycles. The third kappa shape index (κ3) is 3.36. The lowest BCUT2D eigenvalue weighted by molar-refractivity contribution is 0.0696. The van der Waals surface area contributed by atoms with E-state index in [2.05, 4.69) is 15.9 Å². The maximum atomic E-state index is 13.6. The van der Waals surface area contributed by atoms with Crippen molar-refractivity contribution < 1.29 is 19.0 Å². The number of carboxylic acid groups (broad SMARTS) is 1. The van der Waals surface area contributed by atoms with Gasteiger partial charge in [-0.2, -0.15) is 0 Å². The Kier molecular flexibility index (Phi) is 4.39. The molecule has 0 bridgehead atoms. The van der Waals surface area contributed by atoms with E-state index in [0.717, 1.165) is 11.1 Å². The summed E-state index contributed by atoms with van der Waals surface area (Å²) in [5.74, 6) is -1.26. The van der Waals surface area contributed by atoms with Crippen LogP contribution in [-0.4, -0.2) is 11.1 Å². The molecule has 2 rings (SSSR count). The van der Waals surface area contributed by atoms with E-state index in [9.17, 15) is 9.18 Å². The molecular formula is C15H12BrFO3. The maximum absolute atomic E-state index is 13.6. The number of carboxylic acids is 1. The maximum Gasteiger partial charge on any atom is 0.335 e. The Hall–Kier alpha value is -1.88. The average Bonchev–Trinajstić information content (AvgIpc) is 2.38. The Morgan fingerprint density at radius 3 is 2.65 bits per heavy atom. The lowest BCUT2D eigenvalue weighted by Crippen LogP contribution is -2.02. The summed E-state index contributed by atoms with van der Waals surface area (Å²) in [6, 6.07) is 9.31. The molecule has 2 aromatic rings. The van der Waals surface area contributed by atoms with Crippen molar-refractivity contribution in [1.82, 2.24) is 0 Å². The van der Waals surface area contributed by atoms with Crippen molar-refractivity contribution in [2.24, 2.45) is 0 Å². The van der Waals surface area contributed by atoms with Crippen LogP contribution in [0.4, 0.5) is 4.39 Å². The van der Waals surface area contributed by atoms with Gasteiger partial charge in [-0.3, -0.25) is 0 Å². The molecule has 0 atom stereocenters. The summed E-state index contributed by atoms with van der Waals surface area (Å²) >= 11 is 3.17. The highest BCUT2D eigenvalue weighted by Gasteiger charge is 2.08. The third-order valence-corrected chi connectivity index (χ3v) is 3.36. The molecule has 5 heteroatoms. The summed E-state index contributed by atoms with van der Waals surface area (Å²) in [5, 5.41) is 8.89. The lowest BCUT2D eigenvalue weighted by atomic mass is 10.1. The first-order chi connectivity index (χ1) is 9.47. The fourth-order valence-electron chi connectivity index (χ4n) is 1.74. The Labute approximate surface area is 124 Å². The van der Waals surface area contributed by atoms with E-state index in [4.69, 9.17) is 9.84 Å². The van der Waals surface area contributed by atoms with Crippen LogP contribution in [0, 0.1) is 12.7 Å². The molecular weight excluding hydrogens is 327 g/mol. The van der Waals surface area contributed by atoms with Crippen LogP contribution in [0.2, 0.25) is 0 Å². The van der Waals surface area contributed by atoms with Crippen LogP contribution >= 0.6 is 15.9 Å². The number of ether oxygens (including phenoxy) is 1. The summed E-state index contributed by atoms with van der Waals surface area (Å²) in [7, 11) is 0. The second kappa shape index (κ2) is 6.05. The molecule has 0 spiro atoms. The second-order valence-electron chi connectivity index (χ2n) is 4.31. The van der Waals surface area contributed by atoms with Gasteiger partial charge >= 0.3 is 5.97 Å². The van der Waals surface area contributed by atoms with Crippen molar-refractivity contribution in [2.75, 3.05) is 0 Å². The minimum atomic E-state index is -0.973. The van der Waals surface area contributed by atoms with Crippen LogP contribution < -0.4 is 4.74 Å². The van der Waals surface area contributed by atoms with Gasteiger partial charge in [0.05, 0.1) is 5.56 Å². The number of hydrogen-bond acceptors (Lipinski definition) is 2. The summed E-state index contributed by atoms with van der Waals surface area (Å²) < 4.78 is 19.6. The van der Waals surface area contributed by atoms with Gasteiger partial charge in [-0.25, -0.2) is 9.18 Å². The molecule has 2 aromatic carbocycles. The summed E-state index contributed by atoms with van der Waals surface area (Å²) in [5.41, 5.74) is 1.83. The fourth-order valence-corrected chi connectivity index (χ4v) is 2.07. The standard InChI is InChI=1S/C15H12BrFO3/c1-9-6-10(15(18)19)2-3-11(9)8-20-14-5-4-12(16)7-13(14)17/h2-7H,8H2,1H3,(H,18,19). The molecule has 1 N–H and O–H groups in total. The largest absolute Gasteiger partial charge is 0.486 e. The number of carbonyl (C=O) groups is 1. The SMILES string of the molecule is Cc1cc(C(=O)O)ccc1COc1ccc(Br)cc1F. The van der Waals surface area contributed by atoms with E-state index < -0.39 is 11.8 Å². The molecule has 0 amide bonds. The molecule has 0 unspecified atom stereocenters. The molecule has 0 heterocycles. The quantitative estimate of drug-likeness (QED) is 0.909. The normalized spacial score (nSPS) is 10.3. The van der Waals surface area contributed by atoms with Gasteiger partial charge in [-0.05, 0) is 48.4 Å². The van der Waals surface area contributed by atoms with Crippen molar-refractivity contribution in [3.05, 3.63) is 63.4 Å². The lowest BCUT2D eigenvalue weighted by Gasteiger charge is -2.10. The van der Waals surface area contributed by atoms with Gasteiger partial charge in [0.15, 0.2) is 11.6 Å². The topological polar surface area (TPSA) is 46.5 Å². The van der Waals surface area contributed by atoms with E-state index in [1.165, 1.54) is 12.1 Å². The number of benzene rings is 2. The van der Waals surface area contributed by atoms with Crippen LogP contribution in [0.1, 0.15) is 21.5 Å². The zero-order valence-corrected chi connectivity index (χ0v) is 12.3. The molecule has 0 aliphatic heterocycles. The minimum Gasteiger partial charge on any atom is -0.486 e. The first-order valence-electron chi connectivity index (χ1n) is 5.88. The van der Waals surface area contributed by atoms with E-state index >= 15 is 0 Å². The molecule has 20 heavy (non-hydrogen) atoms. The van der Waals surface area contributed by atoms with Gasteiger partial charge < -0.3 is 9.84 Å². The highest BCUT2D eigenvalue weighted by atomic mass is 79.9. The van der Waals surface area contributed by atoms with E-state index in [0.29, 0.717) is 4.47 Å². The smallest absolute Gasteiger partial charge is 0.335 e. The van der Waals surface area contributed by atoms with Crippen molar-refractivity contribution in [3.63, 3.8) is 0 Å². The Balaban J connectivity index is 2.13. The zero-order chi connectivity index (χ0) is 14.7. The van der Waals surface area contributed by atoms with Gasteiger partial charge in [0.2, 0.25) is 0 Å². The van der Waals surface area contributed by atoms with Gasteiger partial charge in [-0.1, -0.05) is 22.0 Å². The van der Waals surface area contributed by atoms with Crippen LogP contribution in [0.15, 0.2) is 40.9 Å². The second-order valence-corrected chi connectivity index (χ2v) is 5.23. The van der Waals surface area contributed by atoms with Gasteiger partial charge in [0.1, 0.15) is 6.61 Å². The number of aromatic carboxylic acids is 1. The van der Waals surface area contributed by atoms with Crippen LogP contribution in [0.5, 0.6) is 5.75 Å². The zero-order valence-electron chi connectivity index (χ0n) is 10.7. The number of aryl methyl sites for hydroxylation is 1. The summed E-state index contributed by atoms with van der Waals surface area (Å²) in [6.45, 7) is 1.98. The van der Waals surface area contributed by atoms with E-state index in [-0.39, 0.29) is 17.9 Å². The summed E-state index contributed by atoms with van der Waals surface area (Å²) in [4.78, 5) is 10.8. The fraction of sp³-hybridized carbons (Fsp3) is 0.133. The molecule has 0 fully saturated rings. The molecule has 3 nitrogen and oxygen atoms in total. The van der Waals surface area contributed by atoms with Gasteiger partial charge in [0.25, 0.3) is 0 Å². The molecule has 0 radical (unpaired) electrons. The molecule has 0 aliphatic carbocycles. The monoisotopic (exact) mass is 338 g/mol. The molecule has 0 saturated heterocycles. The van der Waals surface area contributed by atoms with Crippen molar-refractivity contribution in [2.45, 2.75) is 13.5 Å². The predicted octanol–water partition coefficient (Wildman–Crippen LogP) is 4.17. The Morgan fingerprint density at radius 2 is 2.05 bits per heavy atom. The summed E-state index contributed by atoms with van der Waals surface area (Å²) in [6.07, 6.45) is 0. The van der Waals surface area contributed by atoms with Crippen LogP contribution in [0.3, 0.4) is 0 Å². The Bertz CT molecular complexity index is 656. The van der Waals surface area contributed by atoms with Crippen molar-refractivity contribution >= 4 is 21.9 Å². The first-order valence-corrected chi connectivity index (χ1v) is 6.67. The molecule has 0 aliphatic rings. The number of hydrogen-bond donors (Lipinski definition) is 1. The Morgan fingerprint density at radius 1 is 1.30 bits per heavy atom. The minimum absolute atomic E-state index is 0.162. The van der Waals surface area contributed by atoms with Gasteiger partial charge in [0, 0.05) is 4.47 Å². The third-order valence-electron chi connectivity index (χ3n) is 2.87. The highest BCUT2D eigenvalue weighted by molar-refractivity contribution is 9.10. The van der Waals surface area contributed by atoms with Gasteiger partial charge in [-0.15, -0.1) is 0 Å². The average molecular weight is 339 g/mol. The number of halogens is 2. The van der Waals surface area contributed by atoms with Crippen molar-refractivity contribution in [3.8, 4) is 5.75 Å².